The summed E-state index contributed by atoms with van der Waals surface area (Å²) in [5.41, 5.74) is 0. The van der Waals surface area contributed by atoms with Crippen LogP contribution in [0.25, 0.3) is 0 Å². The number of carboxylic acids is 1. The summed E-state index contributed by atoms with van der Waals surface area (Å²) in [7, 11) is 1.71. The summed E-state index contributed by atoms with van der Waals surface area (Å²) in [6.07, 6.45) is 4.25. The predicted molar refractivity (Wildman–Crippen MR) is 79.1 cm³/mol. The first-order chi connectivity index (χ1) is 9.54. The van der Waals surface area contributed by atoms with Crippen molar-refractivity contribution in [2.24, 2.45) is 5.92 Å². The largest absolute Gasteiger partial charge is 0.480 e. The number of thioether (sulfide) groups is 1. The van der Waals surface area contributed by atoms with Gasteiger partial charge in [-0.05, 0) is 37.2 Å². The number of urea groups is 1. The van der Waals surface area contributed by atoms with Crippen LogP contribution < -0.4 is 5.32 Å². The Labute approximate surface area is 124 Å². The number of aliphatic carboxylic acids is 1. The van der Waals surface area contributed by atoms with Crippen molar-refractivity contribution in [3.05, 3.63) is 0 Å². The fourth-order valence-electron chi connectivity index (χ4n) is 2.15. The molecule has 0 saturated carbocycles. The van der Waals surface area contributed by atoms with Crippen LogP contribution in [-0.4, -0.2) is 66.9 Å². The van der Waals surface area contributed by atoms with Crippen LogP contribution in [0.4, 0.5) is 4.79 Å². The van der Waals surface area contributed by atoms with E-state index in [0.717, 1.165) is 26.1 Å². The summed E-state index contributed by atoms with van der Waals surface area (Å²) >= 11 is 1.57. The van der Waals surface area contributed by atoms with Gasteiger partial charge in [-0.2, -0.15) is 11.8 Å². The molecular weight excluding hydrogens is 280 g/mol. The molecule has 116 valence electrons. The third-order valence-electron chi connectivity index (χ3n) is 3.43. The molecule has 0 aliphatic carbocycles. The van der Waals surface area contributed by atoms with Crippen LogP contribution in [0.2, 0.25) is 0 Å². The van der Waals surface area contributed by atoms with E-state index in [1.165, 1.54) is 0 Å². The highest BCUT2D eigenvalue weighted by Crippen LogP contribution is 2.15. The fourth-order valence-corrected chi connectivity index (χ4v) is 2.62. The van der Waals surface area contributed by atoms with Gasteiger partial charge in [0.05, 0.1) is 0 Å². The molecule has 1 saturated heterocycles. The monoisotopic (exact) mass is 304 g/mol. The third-order valence-corrected chi connectivity index (χ3v) is 4.07. The minimum absolute atomic E-state index is 0.315. The summed E-state index contributed by atoms with van der Waals surface area (Å²) in [4.78, 5) is 24.7. The number of amides is 2. The lowest BCUT2D eigenvalue weighted by atomic mass is 10.00. The Balaban J connectivity index is 2.39. The molecule has 0 spiro atoms. The zero-order valence-corrected chi connectivity index (χ0v) is 12.9. The number of carbonyl (C=O) groups excluding carboxylic acids is 1. The first-order valence-corrected chi connectivity index (χ1v) is 8.25. The van der Waals surface area contributed by atoms with Gasteiger partial charge in [0.1, 0.15) is 6.04 Å². The summed E-state index contributed by atoms with van der Waals surface area (Å²) in [5, 5.41) is 11.7. The van der Waals surface area contributed by atoms with Gasteiger partial charge in [-0.3, -0.25) is 0 Å². The quantitative estimate of drug-likeness (QED) is 0.740. The van der Waals surface area contributed by atoms with Gasteiger partial charge in [-0.1, -0.05) is 0 Å². The first-order valence-electron chi connectivity index (χ1n) is 6.85. The number of hydrogen-bond donors (Lipinski definition) is 2. The highest BCUT2D eigenvalue weighted by atomic mass is 32.2. The SMILES string of the molecule is CSCC[C@H](NC(=O)N(C)CC1CCOCC1)C(=O)O. The number of hydrogen-bond acceptors (Lipinski definition) is 4. The van der Waals surface area contributed by atoms with Crippen LogP contribution in [0.1, 0.15) is 19.3 Å². The zero-order chi connectivity index (χ0) is 15.0. The van der Waals surface area contributed by atoms with E-state index in [-0.39, 0.29) is 6.03 Å². The Hall–Kier alpha value is -0.950. The van der Waals surface area contributed by atoms with E-state index >= 15 is 0 Å². The predicted octanol–water partition coefficient (Wildman–Crippen LogP) is 1.26. The molecule has 1 rings (SSSR count). The second-order valence-electron chi connectivity index (χ2n) is 5.06. The molecule has 2 amide bonds. The van der Waals surface area contributed by atoms with Crippen molar-refractivity contribution >= 4 is 23.8 Å². The molecule has 7 heteroatoms. The van der Waals surface area contributed by atoms with Crippen molar-refractivity contribution in [2.75, 3.05) is 38.8 Å². The van der Waals surface area contributed by atoms with Gasteiger partial charge in [0.15, 0.2) is 0 Å². The van der Waals surface area contributed by atoms with Gasteiger partial charge >= 0.3 is 12.0 Å². The van der Waals surface area contributed by atoms with Crippen LogP contribution in [-0.2, 0) is 9.53 Å². The van der Waals surface area contributed by atoms with Gasteiger partial charge < -0.3 is 20.1 Å². The topological polar surface area (TPSA) is 78.9 Å². The van der Waals surface area contributed by atoms with E-state index in [4.69, 9.17) is 9.84 Å². The van der Waals surface area contributed by atoms with E-state index in [1.54, 1.807) is 23.7 Å². The Morgan fingerprint density at radius 1 is 1.45 bits per heavy atom. The number of nitrogens with zero attached hydrogens (tertiary/aromatic N) is 1. The molecule has 6 nitrogen and oxygen atoms in total. The van der Waals surface area contributed by atoms with E-state index in [1.807, 2.05) is 6.26 Å². The molecule has 0 unspecified atom stereocenters. The average molecular weight is 304 g/mol. The first kappa shape index (κ1) is 17.1. The summed E-state index contributed by atoms with van der Waals surface area (Å²) in [6, 6.07) is -1.13. The molecule has 0 aromatic carbocycles. The molecule has 1 aliphatic heterocycles. The molecule has 1 fully saturated rings. The second kappa shape index (κ2) is 9.07. The summed E-state index contributed by atoms with van der Waals surface area (Å²) < 4.78 is 5.28. The van der Waals surface area contributed by atoms with Gasteiger partial charge in [-0.15, -0.1) is 0 Å². The molecule has 1 heterocycles. The molecule has 20 heavy (non-hydrogen) atoms. The highest BCUT2D eigenvalue weighted by Gasteiger charge is 2.23. The zero-order valence-electron chi connectivity index (χ0n) is 12.1. The van der Waals surface area contributed by atoms with Crippen molar-refractivity contribution in [2.45, 2.75) is 25.3 Å². The molecule has 0 aromatic rings. The Morgan fingerprint density at radius 3 is 2.65 bits per heavy atom. The van der Waals surface area contributed by atoms with E-state index in [0.29, 0.717) is 24.6 Å². The maximum Gasteiger partial charge on any atom is 0.326 e. The average Bonchev–Trinajstić information content (AvgIpc) is 2.43. The normalized spacial score (nSPS) is 17.5. The summed E-state index contributed by atoms with van der Waals surface area (Å²) in [6.45, 7) is 2.13. The highest BCUT2D eigenvalue weighted by molar-refractivity contribution is 7.98. The van der Waals surface area contributed by atoms with Crippen molar-refractivity contribution in [1.82, 2.24) is 10.2 Å². The molecule has 0 radical (unpaired) electrons. The molecule has 1 atom stereocenters. The fraction of sp³-hybridized carbons (Fsp3) is 0.846. The number of carboxylic acid groups (broad SMARTS) is 1. The van der Waals surface area contributed by atoms with Crippen molar-refractivity contribution in [3.63, 3.8) is 0 Å². The van der Waals surface area contributed by atoms with Gasteiger partial charge in [0, 0.05) is 26.8 Å². The number of rotatable bonds is 7. The van der Waals surface area contributed by atoms with E-state index in [2.05, 4.69) is 5.32 Å². The van der Waals surface area contributed by atoms with Crippen molar-refractivity contribution in [3.8, 4) is 0 Å². The standard InChI is InChI=1S/C13H24N2O4S/c1-15(9-10-3-6-19-7-4-10)13(18)14-11(12(16)17)5-8-20-2/h10-11H,3-9H2,1-2H3,(H,14,18)(H,16,17)/t11-/m0/s1. The summed E-state index contributed by atoms with van der Waals surface area (Å²) in [5.74, 6) is 0.168. The van der Waals surface area contributed by atoms with E-state index < -0.39 is 12.0 Å². The van der Waals surface area contributed by atoms with Gasteiger partial charge in [0.25, 0.3) is 0 Å². The van der Waals surface area contributed by atoms with Crippen LogP contribution in [0.3, 0.4) is 0 Å². The Kier molecular flexibility index (Phi) is 7.76. The maximum absolute atomic E-state index is 12.0. The molecule has 0 aromatic heterocycles. The molecule has 0 bridgehead atoms. The smallest absolute Gasteiger partial charge is 0.326 e. The Morgan fingerprint density at radius 2 is 2.10 bits per heavy atom. The van der Waals surface area contributed by atoms with Crippen LogP contribution in [0, 0.1) is 5.92 Å². The lowest BCUT2D eigenvalue weighted by Crippen LogP contribution is -2.48. The van der Waals surface area contributed by atoms with Crippen LogP contribution in [0.5, 0.6) is 0 Å². The van der Waals surface area contributed by atoms with E-state index in [9.17, 15) is 9.59 Å². The van der Waals surface area contributed by atoms with Crippen molar-refractivity contribution in [1.29, 1.82) is 0 Å². The van der Waals surface area contributed by atoms with Crippen molar-refractivity contribution < 1.29 is 19.4 Å². The second-order valence-corrected chi connectivity index (χ2v) is 6.04. The van der Waals surface area contributed by atoms with Crippen LogP contribution >= 0.6 is 11.8 Å². The number of ether oxygens (including phenoxy) is 1. The number of carbonyl (C=O) groups is 2. The lowest BCUT2D eigenvalue weighted by Gasteiger charge is -2.28. The molecule has 2 N–H and O–H groups in total. The lowest BCUT2D eigenvalue weighted by molar-refractivity contribution is -0.139. The molecule has 1 aliphatic rings. The number of nitrogens with one attached hydrogen (secondary N) is 1. The third kappa shape index (κ3) is 6.00. The Bertz CT molecular complexity index is 321. The van der Waals surface area contributed by atoms with Gasteiger partial charge in [0.2, 0.25) is 0 Å². The van der Waals surface area contributed by atoms with Crippen LogP contribution in [0.15, 0.2) is 0 Å². The molecular formula is C13H24N2O4S. The minimum atomic E-state index is -0.980. The maximum atomic E-state index is 12.0. The minimum Gasteiger partial charge on any atom is -0.480 e. The van der Waals surface area contributed by atoms with Gasteiger partial charge in [-0.25, -0.2) is 9.59 Å².